The van der Waals surface area contributed by atoms with Crippen molar-refractivity contribution in [3.63, 3.8) is 0 Å². The zero-order valence-electron chi connectivity index (χ0n) is 11.3. The number of thiazole rings is 1. The van der Waals surface area contributed by atoms with Crippen molar-refractivity contribution in [2.24, 2.45) is 11.7 Å². The topological polar surface area (TPSA) is 68.0 Å². The molecule has 0 saturated carbocycles. The van der Waals surface area contributed by atoms with Crippen molar-refractivity contribution in [1.29, 1.82) is 0 Å². The lowest BCUT2D eigenvalue weighted by Gasteiger charge is -2.13. The summed E-state index contributed by atoms with van der Waals surface area (Å²) < 4.78 is 13.2. The maximum Gasteiger partial charge on any atom is 0.243 e. The van der Waals surface area contributed by atoms with Crippen molar-refractivity contribution < 1.29 is 9.18 Å². The number of hydrogen-bond donors (Lipinski definition) is 2. The number of nitrogens with two attached hydrogens (primary N) is 1. The third-order valence-electron chi connectivity index (χ3n) is 2.88. The maximum absolute atomic E-state index is 13.2. The first-order chi connectivity index (χ1) is 9.47. The predicted octanol–water partition coefficient (Wildman–Crippen LogP) is 2.87. The summed E-state index contributed by atoms with van der Waals surface area (Å²) in [5.74, 6) is -0.527. The van der Waals surface area contributed by atoms with Crippen LogP contribution in [0, 0.1) is 11.7 Å². The molecule has 0 radical (unpaired) electrons. The number of aromatic nitrogens is 1. The first-order valence-corrected chi connectivity index (χ1v) is 7.13. The van der Waals surface area contributed by atoms with Gasteiger partial charge in [0.05, 0.1) is 11.7 Å². The Hall–Kier alpha value is -1.79. The molecule has 1 heterocycles. The monoisotopic (exact) mass is 293 g/mol. The molecule has 0 aliphatic rings. The molecule has 4 nitrogen and oxygen atoms in total. The van der Waals surface area contributed by atoms with E-state index in [1.807, 2.05) is 13.8 Å². The molecular weight excluding hydrogens is 277 g/mol. The van der Waals surface area contributed by atoms with Gasteiger partial charge in [-0.25, -0.2) is 9.37 Å². The number of rotatable bonds is 4. The molecule has 20 heavy (non-hydrogen) atoms. The Morgan fingerprint density at radius 1 is 1.45 bits per heavy atom. The van der Waals surface area contributed by atoms with E-state index in [9.17, 15) is 9.18 Å². The van der Waals surface area contributed by atoms with E-state index in [0.717, 1.165) is 0 Å². The first kappa shape index (κ1) is 14.6. The van der Waals surface area contributed by atoms with Gasteiger partial charge in [-0.2, -0.15) is 0 Å². The smallest absolute Gasteiger partial charge is 0.243 e. The van der Waals surface area contributed by atoms with E-state index >= 15 is 0 Å². The van der Waals surface area contributed by atoms with Crippen LogP contribution in [0.25, 0.3) is 11.3 Å². The molecular formula is C14H16FN3OS. The molecule has 1 amide bonds. The zero-order chi connectivity index (χ0) is 14.7. The average molecular weight is 293 g/mol. The normalized spacial score (nSPS) is 12.4. The summed E-state index contributed by atoms with van der Waals surface area (Å²) in [4.78, 5) is 16.1. The Bertz CT molecular complexity index is 612. The van der Waals surface area contributed by atoms with E-state index in [4.69, 9.17) is 5.73 Å². The van der Waals surface area contributed by atoms with Gasteiger partial charge >= 0.3 is 0 Å². The van der Waals surface area contributed by atoms with Crippen LogP contribution in [0.2, 0.25) is 0 Å². The molecule has 0 aliphatic heterocycles. The molecule has 2 aromatic rings. The highest BCUT2D eigenvalue weighted by Gasteiger charge is 2.18. The second-order valence-corrected chi connectivity index (χ2v) is 5.67. The minimum Gasteiger partial charge on any atom is -0.320 e. The van der Waals surface area contributed by atoms with Crippen molar-refractivity contribution in [3.05, 3.63) is 35.5 Å². The number of benzene rings is 1. The quantitative estimate of drug-likeness (QED) is 0.910. The van der Waals surface area contributed by atoms with Gasteiger partial charge in [-0.15, -0.1) is 11.3 Å². The standard InChI is InChI=1S/C14H16FN3OS/c1-8(2)12(16)13(19)18-14-17-11(7-20-14)9-4-3-5-10(15)6-9/h3-8,12H,16H2,1-2H3,(H,17,18,19). The minimum absolute atomic E-state index is 0.0534. The van der Waals surface area contributed by atoms with Crippen LogP contribution in [0.5, 0.6) is 0 Å². The van der Waals surface area contributed by atoms with Crippen LogP contribution >= 0.6 is 11.3 Å². The van der Waals surface area contributed by atoms with E-state index in [-0.39, 0.29) is 17.6 Å². The molecule has 1 atom stereocenters. The molecule has 1 aromatic heterocycles. The molecule has 0 aliphatic carbocycles. The lowest BCUT2D eigenvalue weighted by molar-refractivity contribution is -0.118. The number of halogens is 1. The Balaban J connectivity index is 2.12. The molecule has 6 heteroatoms. The molecule has 0 spiro atoms. The van der Waals surface area contributed by atoms with Crippen molar-refractivity contribution in [3.8, 4) is 11.3 Å². The average Bonchev–Trinajstić information content (AvgIpc) is 2.86. The predicted molar refractivity (Wildman–Crippen MR) is 79.0 cm³/mol. The van der Waals surface area contributed by atoms with Crippen molar-refractivity contribution in [2.45, 2.75) is 19.9 Å². The molecule has 0 saturated heterocycles. The summed E-state index contributed by atoms with van der Waals surface area (Å²) >= 11 is 1.29. The maximum atomic E-state index is 13.2. The number of amides is 1. The minimum atomic E-state index is -0.573. The largest absolute Gasteiger partial charge is 0.320 e. The Morgan fingerprint density at radius 3 is 2.85 bits per heavy atom. The highest BCUT2D eigenvalue weighted by atomic mass is 32.1. The summed E-state index contributed by atoms with van der Waals surface area (Å²) in [6, 6.07) is 5.60. The SMILES string of the molecule is CC(C)C(N)C(=O)Nc1nc(-c2cccc(F)c2)cs1. The van der Waals surface area contributed by atoms with Crippen LogP contribution in [0.15, 0.2) is 29.6 Å². The zero-order valence-corrected chi connectivity index (χ0v) is 12.1. The third-order valence-corrected chi connectivity index (χ3v) is 3.63. The van der Waals surface area contributed by atoms with E-state index in [1.165, 1.54) is 23.5 Å². The van der Waals surface area contributed by atoms with Crippen LogP contribution in [0.3, 0.4) is 0 Å². The number of nitrogens with one attached hydrogen (secondary N) is 1. The number of nitrogens with zero attached hydrogens (tertiary/aromatic N) is 1. The molecule has 0 fully saturated rings. The van der Waals surface area contributed by atoms with Crippen molar-refractivity contribution in [2.75, 3.05) is 5.32 Å². The number of anilines is 1. The van der Waals surface area contributed by atoms with Crippen molar-refractivity contribution >= 4 is 22.4 Å². The van der Waals surface area contributed by atoms with Gasteiger partial charge in [0.1, 0.15) is 5.82 Å². The van der Waals surface area contributed by atoms with Crippen LogP contribution < -0.4 is 11.1 Å². The molecule has 0 bridgehead atoms. The van der Waals surface area contributed by atoms with E-state index in [2.05, 4.69) is 10.3 Å². The molecule has 2 rings (SSSR count). The highest BCUT2D eigenvalue weighted by Crippen LogP contribution is 2.25. The van der Waals surface area contributed by atoms with Gasteiger partial charge in [0.2, 0.25) is 5.91 Å². The van der Waals surface area contributed by atoms with Gasteiger partial charge in [-0.1, -0.05) is 26.0 Å². The van der Waals surface area contributed by atoms with E-state index in [0.29, 0.717) is 16.4 Å². The van der Waals surface area contributed by atoms with Crippen LogP contribution in [-0.4, -0.2) is 16.9 Å². The lowest BCUT2D eigenvalue weighted by Crippen LogP contribution is -2.39. The summed E-state index contributed by atoms with van der Waals surface area (Å²) in [5.41, 5.74) is 7.06. The van der Waals surface area contributed by atoms with Gasteiger partial charge in [0.15, 0.2) is 5.13 Å². The van der Waals surface area contributed by atoms with Crippen LogP contribution in [-0.2, 0) is 4.79 Å². The Morgan fingerprint density at radius 2 is 2.20 bits per heavy atom. The second-order valence-electron chi connectivity index (χ2n) is 4.81. The van der Waals surface area contributed by atoms with E-state index < -0.39 is 6.04 Å². The van der Waals surface area contributed by atoms with Gasteiger partial charge in [-0.05, 0) is 18.1 Å². The van der Waals surface area contributed by atoms with Crippen LogP contribution in [0.4, 0.5) is 9.52 Å². The van der Waals surface area contributed by atoms with Crippen LogP contribution in [0.1, 0.15) is 13.8 Å². The fourth-order valence-electron chi connectivity index (χ4n) is 1.60. The fourth-order valence-corrected chi connectivity index (χ4v) is 2.33. The Labute approximate surface area is 120 Å². The molecule has 1 unspecified atom stereocenters. The molecule has 3 N–H and O–H groups in total. The molecule has 106 valence electrons. The van der Waals surface area contributed by atoms with Gasteiger partial charge in [0.25, 0.3) is 0 Å². The number of carbonyl (C=O) groups excluding carboxylic acids is 1. The Kier molecular flexibility index (Phi) is 4.46. The van der Waals surface area contributed by atoms with Gasteiger partial charge in [-0.3, -0.25) is 4.79 Å². The lowest BCUT2D eigenvalue weighted by atomic mass is 10.1. The number of hydrogen-bond acceptors (Lipinski definition) is 4. The second kappa shape index (κ2) is 6.11. The van der Waals surface area contributed by atoms with Crippen molar-refractivity contribution in [1.82, 2.24) is 4.98 Å². The molecule has 1 aromatic carbocycles. The fraction of sp³-hybridized carbons (Fsp3) is 0.286. The summed E-state index contributed by atoms with van der Waals surface area (Å²) in [6.45, 7) is 3.76. The summed E-state index contributed by atoms with van der Waals surface area (Å²) in [6.07, 6.45) is 0. The highest BCUT2D eigenvalue weighted by molar-refractivity contribution is 7.14. The first-order valence-electron chi connectivity index (χ1n) is 6.25. The summed E-state index contributed by atoms with van der Waals surface area (Å²) in [7, 11) is 0. The van der Waals surface area contributed by atoms with E-state index in [1.54, 1.807) is 17.5 Å². The third kappa shape index (κ3) is 3.40. The van der Waals surface area contributed by atoms with Gasteiger partial charge in [0, 0.05) is 10.9 Å². The summed E-state index contributed by atoms with van der Waals surface area (Å²) in [5, 5.41) is 4.91. The van der Waals surface area contributed by atoms with Gasteiger partial charge < -0.3 is 11.1 Å². The number of carbonyl (C=O) groups is 1.